The first-order chi connectivity index (χ1) is 20.2. The number of aliphatic hydroxyl groups excluding tert-OH is 1. The number of nitrogens with one attached hydrogen (secondary N) is 3. The molecule has 2 aromatic rings. The summed E-state index contributed by atoms with van der Waals surface area (Å²) < 4.78 is 50.7. The second kappa shape index (κ2) is 15.5. The Morgan fingerprint density at radius 1 is 1.09 bits per heavy atom. The number of anilines is 2. The molecule has 8 nitrogen and oxygen atoms in total. The highest BCUT2D eigenvalue weighted by Gasteiger charge is 2.29. The zero-order valence-corrected chi connectivity index (χ0v) is 26.9. The molecular weight excluding hydrogens is 574 g/mol. The van der Waals surface area contributed by atoms with Crippen molar-refractivity contribution in [2.75, 3.05) is 35.0 Å². The summed E-state index contributed by atoms with van der Waals surface area (Å²) in [5.41, 5.74) is 1.63. The Hall–Kier alpha value is -2.44. The Balaban J connectivity index is 1.85. The van der Waals surface area contributed by atoms with Gasteiger partial charge in [-0.1, -0.05) is 32.8 Å². The summed E-state index contributed by atoms with van der Waals surface area (Å²) in [4.78, 5) is 13.7. The van der Waals surface area contributed by atoms with Crippen molar-refractivity contribution in [1.29, 1.82) is 0 Å². The summed E-state index contributed by atoms with van der Waals surface area (Å²) in [6.07, 6.45) is 3.60. The molecule has 0 bridgehead atoms. The van der Waals surface area contributed by atoms with E-state index < -0.39 is 40.5 Å². The van der Waals surface area contributed by atoms with E-state index in [0.29, 0.717) is 42.4 Å². The van der Waals surface area contributed by atoms with Gasteiger partial charge in [-0.2, -0.15) is 0 Å². The molecule has 3 rings (SSSR count). The maximum Gasteiger partial charge on any atom is 0.251 e. The molecule has 1 aliphatic rings. The van der Waals surface area contributed by atoms with Gasteiger partial charge in [0, 0.05) is 36.4 Å². The number of nitrogens with zero attached hydrogens (tertiary/aromatic N) is 1. The van der Waals surface area contributed by atoms with Crippen molar-refractivity contribution in [3.8, 4) is 0 Å². The van der Waals surface area contributed by atoms with Crippen LogP contribution in [0.5, 0.6) is 0 Å². The van der Waals surface area contributed by atoms with Gasteiger partial charge in [-0.15, -0.1) is 10.8 Å². The van der Waals surface area contributed by atoms with Crippen molar-refractivity contribution in [2.24, 2.45) is 5.92 Å². The third kappa shape index (κ3) is 10.6. The number of rotatable bonds is 15. The molecule has 43 heavy (non-hydrogen) atoms. The molecule has 1 amide bonds. The lowest BCUT2D eigenvalue weighted by Gasteiger charge is -2.47. The quantitative estimate of drug-likeness (QED) is 0.133. The van der Waals surface area contributed by atoms with Crippen LogP contribution in [-0.4, -0.2) is 63.2 Å². The smallest absolute Gasteiger partial charge is 0.251 e. The predicted octanol–water partition coefficient (Wildman–Crippen LogP) is 6.56. The van der Waals surface area contributed by atoms with E-state index in [1.54, 1.807) is 22.5 Å². The molecule has 242 valence electrons. The number of carbonyl (C=O) groups is 1. The van der Waals surface area contributed by atoms with Gasteiger partial charge >= 0.3 is 0 Å². The lowest BCUT2D eigenvalue weighted by atomic mass is 9.93. The number of halogens is 2. The highest BCUT2D eigenvalue weighted by molar-refractivity contribution is 8.25. The van der Waals surface area contributed by atoms with Gasteiger partial charge < -0.3 is 21.1 Å². The first-order valence-corrected chi connectivity index (χ1v) is 17.0. The highest BCUT2D eigenvalue weighted by Crippen LogP contribution is 2.50. The first kappa shape index (κ1) is 35.0. The highest BCUT2D eigenvalue weighted by atomic mass is 32.3. The van der Waals surface area contributed by atoms with Gasteiger partial charge in [0.25, 0.3) is 5.91 Å². The number of hydrogen-bond acceptors (Lipinski definition) is 7. The lowest BCUT2D eigenvalue weighted by Crippen LogP contribution is -2.52. The van der Waals surface area contributed by atoms with Gasteiger partial charge in [-0.25, -0.2) is 8.78 Å². The molecule has 2 atom stereocenters. The largest absolute Gasteiger partial charge is 0.390 e. The van der Waals surface area contributed by atoms with Crippen molar-refractivity contribution < 1.29 is 27.8 Å². The van der Waals surface area contributed by atoms with E-state index in [1.807, 2.05) is 6.92 Å². The number of β-amino-alcohol motifs (C(OH)–C–C–N with tert-alkyl or cyclic N) is 1. The fourth-order valence-electron chi connectivity index (χ4n) is 5.32. The van der Waals surface area contributed by atoms with Crippen LogP contribution in [0.3, 0.4) is 0 Å². The van der Waals surface area contributed by atoms with Crippen LogP contribution < -0.4 is 20.3 Å². The van der Waals surface area contributed by atoms with E-state index in [1.165, 1.54) is 6.07 Å². The number of amides is 1. The van der Waals surface area contributed by atoms with Gasteiger partial charge in [0.05, 0.1) is 23.6 Å². The molecule has 0 saturated carbocycles. The summed E-state index contributed by atoms with van der Waals surface area (Å²) >= 11 is 0. The summed E-state index contributed by atoms with van der Waals surface area (Å²) in [6, 6.07) is 7.82. The first-order valence-electron chi connectivity index (χ1n) is 15.3. The molecular formula is C32H50F2N4O4S. The van der Waals surface area contributed by atoms with E-state index >= 15 is 0 Å². The predicted molar refractivity (Wildman–Crippen MR) is 173 cm³/mol. The van der Waals surface area contributed by atoms with Crippen LogP contribution in [0.1, 0.15) is 82.6 Å². The maximum absolute atomic E-state index is 14.1. The lowest BCUT2D eigenvalue weighted by molar-refractivity contribution is 0.0811. The number of hydrogen-bond donors (Lipinski definition) is 6. The van der Waals surface area contributed by atoms with Gasteiger partial charge in [-0.05, 0) is 88.3 Å². The Labute approximate surface area is 257 Å². The van der Waals surface area contributed by atoms with Crippen LogP contribution in [0, 0.1) is 17.6 Å². The van der Waals surface area contributed by atoms with Crippen LogP contribution in [0.15, 0.2) is 36.4 Å². The van der Waals surface area contributed by atoms with Crippen LogP contribution in [0.25, 0.3) is 0 Å². The average molecular weight is 625 g/mol. The molecule has 0 aliphatic carbocycles. The molecule has 6 N–H and O–H groups in total. The topological polar surface area (TPSA) is 117 Å². The van der Waals surface area contributed by atoms with E-state index in [9.17, 15) is 27.8 Å². The zero-order chi connectivity index (χ0) is 31.8. The van der Waals surface area contributed by atoms with Crippen molar-refractivity contribution in [3.63, 3.8) is 0 Å². The van der Waals surface area contributed by atoms with E-state index in [-0.39, 0.29) is 29.8 Å². The summed E-state index contributed by atoms with van der Waals surface area (Å²) in [6.45, 7) is 11.7. The monoisotopic (exact) mass is 624 g/mol. The average Bonchev–Trinajstić information content (AvgIpc) is 2.92. The van der Waals surface area contributed by atoms with Crippen molar-refractivity contribution in [2.45, 2.75) is 90.8 Å². The van der Waals surface area contributed by atoms with Gasteiger partial charge in [0.15, 0.2) is 11.6 Å². The van der Waals surface area contributed by atoms with Crippen LogP contribution >= 0.6 is 10.8 Å². The molecule has 1 saturated heterocycles. The molecule has 0 spiro atoms. The van der Waals surface area contributed by atoms with E-state index in [2.05, 4.69) is 43.6 Å². The molecule has 2 aromatic carbocycles. The Bertz CT molecular complexity index is 1210. The Morgan fingerprint density at radius 3 is 2.49 bits per heavy atom. The minimum absolute atomic E-state index is 0.0754. The molecule has 1 fully saturated rings. The minimum atomic E-state index is -3.01. The van der Waals surface area contributed by atoms with Crippen LogP contribution in [0.4, 0.5) is 20.2 Å². The number of benzene rings is 2. The van der Waals surface area contributed by atoms with Crippen molar-refractivity contribution >= 4 is 28.1 Å². The second-order valence-corrected chi connectivity index (χ2v) is 14.7. The van der Waals surface area contributed by atoms with Crippen LogP contribution in [0.2, 0.25) is 0 Å². The number of aliphatic hydroxyl groups is 1. The summed E-state index contributed by atoms with van der Waals surface area (Å²) in [7, 11) is -3.01. The molecule has 0 radical (unpaired) electrons. The molecule has 0 aromatic heterocycles. The second-order valence-electron chi connectivity index (χ2n) is 12.6. The van der Waals surface area contributed by atoms with Crippen molar-refractivity contribution in [1.82, 2.24) is 10.6 Å². The standard InChI is InChI=1S/C32H50F2N4O4S/c1-6-35-25-18-24(19-26(20-25)38-14-7-8-15-43(38,41)42)31(40)37-29(17-23-11-12-27(33)28(34)16-23)30(39)21-36-32(4,5)13-9-10-22(2)3/h11-12,16,18-20,22,29-30,35-36,39,41-42H,6-10,13-15,17,21H2,1-5H3,(H,37,40). The summed E-state index contributed by atoms with van der Waals surface area (Å²) in [5, 5.41) is 20.8. The fourth-order valence-corrected chi connectivity index (χ4v) is 6.99. The van der Waals surface area contributed by atoms with Crippen LogP contribution in [-0.2, 0) is 6.42 Å². The Morgan fingerprint density at radius 2 is 1.84 bits per heavy atom. The van der Waals surface area contributed by atoms with Gasteiger partial charge in [-0.3, -0.25) is 18.2 Å². The van der Waals surface area contributed by atoms with E-state index in [0.717, 1.165) is 37.8 Å². The molecule has 1 aliphatic heterocycles. The Kier molecular flexibility index (Phi) is 12.6. The van der Waals surface area contributed by atoms with Crippen molar-refractivity contribution in [3.05, 3.63) is 59.2 Å². The molecule has 2 unspecified atom stereocenters. The minimum Gasteiger partial charge on any atom is -0.390 e. The maximum atomic E-state index is 14.1. The van der Waals surface area contributed by atoms with Gasteiger partial charge in [0.1, 0.15) is 0 Å². The number of carbonyl (C=O) groups excluding carboxylic acids is 1. The van der Waals surface area contributed by atoms with Gasteiger partial charge in [0.2, 0.25) is 0 Å². The third-order valence-corrected chi connectivity index (χ3v) is 9.76. The zero-order valence-electron chi connectivity index (χ0n) is 26.1. The van der Waals surface area contributed by atoms with E-state index in [4.69, 9.17) is 0 Å². The fraction of sp³-hybridized carbons (Fsp3) is 0.594. The molecule has 1 heterocycles. The summed E-state index contributed by atoms with van der Waals surface area (Å²) in [5.74, 6) is -1.57. The SMILES string of the molecule is CCNc1cc(C(=O)NC(Cc2ccc(F)c(F)c2)C(O)CNC(C)(C)CCCC(C)C)cc(N2CCCCS2(O)O)c1. The normalized spacial score (nSPS) is 17.4. The third-order valence-electron chi connectivity index (χ3n) is 7.82. The molecule has 11 heteroatoms.